The predicted molar refractivity (Wildman–Crippen MR) is 275 cm³/mol. The number of carbonyl (C=O) groups excluding carboxylic acids is 4. The van der Waals surface area contributed by atoms with Gasteiger partial charge in [0, 0.05) is 37.8 Å². The maximum atomic E-state index is 15.3. The van der Waals surface area contributed by atoms with Crippen molar-refractivity contribution in [1.82, 2.24) is 15.7 Å². The second-order valence-corrected chi connectivity index (χ2v) is 24.4. The first-order valence-corrected chi connectivity index (χ1v) is 27.8. The van der Waals surface area contributed by atoms with E-state index in [0.29, 0.717) is 47.3 Å². The quantitative estimate of drug-likeness (QED) is 0.0653. The molecule has 73 heavy (non-hydrogen) atoms. The van der Waals surface area contributed by atoms with Crippen LogP contribution in [0.15, 0.2) is 54.1 Å². The van der Waals surface area contributed by atoms with E-state index in [-0.39, 0.29) is 50.5 Å². The molecule has 14 heteroatoms. The Balaban J connectivity index is 0.966. The van der Waals surface area contributed by atoms with Crippen LogP contribution in [0.3, 0.4) is 0 Å². The number of benzene rings is 2. The first-order chi connectivity index (χ1) is 34.8. The number of hydrogen-bond acceptors (Lipinski definition) is 12. The Morgan fingerprint density at radius 2 is 1.64 bits per heavy atom. The van der Waals surface area contributed by atoms with Crippen LogP contribution in [0, 0.1) is 22.7 Å². The highest BCUT2D eigenvalue weighted by molar-refractivity contribution is 5.95. The minimum absolute atomic E-state index is 0.0103. The van der Waals surface area contributed by atoms with E-state index in [2.05, 4.69) is 75.6 Å². The van der Waals surface area contributed by atoms with Gasteiger partial charge in [-0.2, -0.15) is 5.06 Å². The molecule has 3 aliphatic carbocycles. The number of nitrogens with one attached hydrogen (secondary N) is 2. The lowest BCUT2D eigenvalue weighted by Crippen LogP contribution is -2.69. The summed E-state index contributed by atoms with van der Waals surface area (Å²) in [5.74, 6) is -1.44. The number of rotatable bonds is 20. The number of esters is 2. The fourth-order valence-electron chi connectivity index (χ4n) is 13.4. The van der Waals surface area contributed by atoms with E-state index < -0.39 is 71.1 Å². The molecule has 2 amide bonds. The second-order valence-electron chi connectivity index (χ2n) is 24.4. The standard InChI is InChI=1S/C59H83N3O11/c1-9-11-13-26-58(27-14-12-10-2)71-48-45-33-59(54(67)60-34-38-18-16-20-41(31-38)52(65)61-42(36-63)22-24-47(64)70-55(3,4)5)50(53(66)68-45)62(73-51(59)49(48)72-58)35-39-19-15-17-37(29-39)30-40-21-23-46-57(8,69-46)28-25-44-43(40)32-56(44,6)7/h15-20,29-31,42-46,48-51,63H,9-14,21-28,32-36H2,1-8H3,(H,60,67)(H,61,65). The molecule has 14 nitrogen and oxygen atoms in total. The predicted octanol–water partition coefficient (Wildman–Crippen LogP) is 9.43. The number of ether oxygens (including phenoxy) is 5. The van der Waals surface area contributed by atoms with Gasteiger partial charge in [0.2, 0.25) is 5.91 Å². The van der Waals surface area contributed by atoms with Crippen LogP contribution in [-0.4, -0.2) is 100 Å². The zero-order valence-corrected chi connectivity index (χ0v) is 44.8. The van der Waals surface area contributed by atoms with Gasteiger partial charge in [-0.3, -0.25) is 24.0 Å². The number of aliphatic hydroxyl groups excluding tert-OH is 1. The fourth-order valence-corrected chi connectivity index (χ4v) is 13.4. The van der Waals surface area contributed by atoms with E-state index in [4.69, 9.17) is 28.5 Å². The summed E-state index contributed by atoms with van der Waals surface area (Å²) in [5.41, 5.74) is 2.81. The molecule has 0 radical (unpaired) electrons. The van der Waals surface area contributed by atoms with Gasteiger partial charge in [-0.25, -0.2) is 0 Å². The van der Waals surface area contributed by atoms with Crippen LogP contribution in [0.5, 0.6) is 0 Å². The maximum absolute atomic E-state index is 15.3. The van der Waals surface area contributed by atoms with Crippen LogP contribution >= 0.6 is 0 Å². The summed E-state index contributed by atoms with van der Waals surface area (Å²) in [7, 11) is 0. The van der Waals surface area contributed by atoms with Crippen molar-refractivity contribution in [3.8, 4) is 0 Å². The number of fused-ring (bicyclic) bond motifs is 6. The van der Waals surface area contributed by atoms with Crippen molar-refractivity contribution in [1.29, 1.82) is 0 Å². The molecule has 11 atom stereocenters. The van der Waals surface area contributed by atoms with Crippen LogP contribution in [0.1, 0.15) is 185 Å². The number of hydrogen-bond donors (Lipinski definition) is 3. The van der Waals surface area contributed by atoms with Gasteiger partial charge in [-0.1, -0.05) is 101 Å². The van der Waals surface area contributed by atoms with E-state index >= 15 is 4.79 Å². The van der Waals surface area contributed by atoms with E-state index in [1.54, 1.807) is 44.0 Å². The molecule has 7 fully saturated rings. The zero-order chi connectivity index (χ0) is 51.9. The molecule has 3 N–H and O–H groups in total. The SMILES string of the molecule is CCCCCC1(CCCCC)OC2C3CC4(C(=O)NCc5cccc(C(=O)NC(CO)CCC(=O)OC(C)(C)C)c5)C(ON(Cc5cccc(C=C6CCC7OC7(C)CCC7C6CC7(C)C)c5)C4C(=O)O3)C2O1. The van der Waals surface area contributed by atoms with Crippen molar-refractivity contribution < 1.29 is 52.8 Å². The first-order valence-electron chi connectivity index (χ1n) is 27.8. The van der Waals surface area contributed by atoms with Gasteiger partial charge >= 0.3 is 11.9 Å². The zero-order valence-electron chi connectivity index (χ0n) is 44.8. The van der Waals surface area contributed by atoms with E-state index in [9.17, 15) is 19.5 Å². The Morgan fingerprint density at radius 3 is 2.36 bits per heavy atom. The van der Waals surface area contributed by atoms with E-state index in [1.165, 1.54) is 18.4 Å². The Morgan fingerprint density at radius 1 is 0.918 bits per heavy atom. The minimum atomic E-state index is -1.38. The van der Waals surface area contributed by atoms with E-state index in [0.717, 1.165) is 68.9 Å². The van der Waals surface area contributed by atoms with Crippen LogP contribution < -0.4 is 10.6 Å². The average Bonchev–Trinajstić information content (AvgIpc) is 3.62. The molecule has 2 aromatic rings. The van der Waals surface area contributed by atoms with E-state index in [1.807, 2.05) is 6.07 Å². The van der Waals surface area contributed by atoms with Crippen LogP contribution in [0.2, 0.25) is 0 Å². The smallest absolute Gasteiger partial charge is 0.327 e. The van der Waals surface area contributed by atoms with Gasteiger partial charge < -0.3 is 39.4 Å². The third-order valence-corrected chi connectivity index (χ3v) is 17.3. The topological polar surface area (TPSA) is 174 Å². The molecule has 7 aliphatic rings. The lowest BCUT2D eigenvalue weighted by atomic mass is 9.52. The number of epoxide rings is 1. The van der Waals surface area contributed by atoms with Crippen LogP contribution in [0.25, 0.3) is 6.08 Å². The molecular weight excluding hydrogens is 927 g/mol. The third-order valence-electron chi connectivity index (χ3n) is 17.3. The van der Waals surface area contributed by atoms with Crippen molar-refractivity contribution in [3.05, 3.63) is 76.4 Å². The summed E-state index contributed by atoms with van der Waals surface area (Å²) in [6.45, 7) is 16.8. The van der Waals surface area contributed by atoms with Gasteiger partial charge in [0.25, 0.3) is 5.91 Å². The molecule has 4 aliphatic heterocycles. The third kappa shape index (κ3) is 11.4. The van der Waals surface area contributed by atoms with Crippen molar-refractivity contribution in [2.75, 3.05) is 6.61 Å². The first kappa shape index (κ1) is 53.6. The number of amides is 2. The highest BCUT2D eigenvalue weighted by Crippen LogP contribution is 2.61. The maximum Gasteiger partial charge on any atom is 0.327 e. The molecule has 0 spiro atoms. The van der Waals surface area contributed by atoms with Crippen molar-refractivity contribution in [2.24, 2.45) is 22.7 Å². The molecule has 3 saturated carbocycles. The molecule has 2 bridgehead atoms. The number of carbonyl (C=O) groups is 4. The molecule has 2 aromatic carbocycles. The lowest BCUT2D eigenvalue weighted by molar-refractivity contribution is -0.224. The molecule has 0 aromatic heterocycles. The summed E-state index contributed by atoms with van der Waals surface area (Å²) < 4.78 is 32.2. The van der Waals surface area contributed by atoms with Crippen LogP contribution in [-0.2, 0) is 56.0 Å². The molecule has 4 heterocycles. The van der Waals surface area contributed by atoms with Crippen LogP contribution in [0.4, 0.5) is 0 Å². The lowest BCUT2D eigenvalue weighted by Gasteiger charge is -2.53. The van der Waals surface area contributed by atoms with Gasteiger partial charge in [-0.05, 0) is 125 Å². The Labute approximate surface area is 433 Å². The summed E-state index contributed by atoms with van der Waals surface area (Å²) in [5, 5.41) is 17.8. The Bertz CT molecular complexity index is 2370. The summed E-state index contributed by atoms with van der Waals surface area (Å²) >= 11 is 0. The molecule has 4 saturated heterocycles. The van der Waals surface area contributed by atoms with Gasteiger partial charge in [-0.15, -0.1) is 0 Å². The molecule has 400 valence electrons. The Hall–Kier alpha value is -4.18. The largest absolute Gasteiger partial charge is 0.460 e. The summed E-state index contributed by atoms with van der Waals surface area (Å²) in [4.78, 5) is 62.9. The second kappa shape index (κ2) is 21.4. The number of nitrogens with zero attached hydrogens (tertiary/aromatic N) is 1. The number of aliphatic hydroxyl groups is 1. The number of unbranched alkanes of at least 4 members (excludes halogenated alkanes) is 4. The molecule has 11 unspecified atom stereocenters. The minimum Gasteiger partial charge on any atom is -0.460 e. The van der Waals surface area contributed by atoms with Crippen molar-refractivity contribution in [3.63, 3.8) is 0 Å². The highest BCUT2D eigenvalue weighted by atomic mass is 16.8. The molecule has 9 rings (SSSR count). The average molecular weight is 1010 g/mol. The van der Waals surface area contributed by atoms with Crippen molar-refractivity contribution >= 4 is 29.8 Å². The summed E-state index contributed by atoms with van der Waals surface area (Å²) in [6, 6.07) is 13.6. The van der Waals surface area contributed by atoms with Gasteiger partial charge in [0.05, 0.1) is 30.9 Å². The number of hydroxylamine groups is 2. The summed E-state index contributed by atoms with van der Waals surface area (Å²) in [6.07, 6.45) is 13.2. The molecular formula is C59H83N3O11. The number of allylic oxidation sites excluding steroid dienone is 1. The highest BCUT2D eigenvalue weighted by Gasteiger charge is 2.76. The Kier molecular flexibility index (Phi) is 15.8. The van der Waals surface area contributed by atoms with Crippen molar-refractivity contribution in [2.45, 2.75) is 231 Å². The monoisotopic (exact) mass is 1010 g/mol. The van der Waals surface area contributed by atoms with Gasteiger partial charge in [0.15, 0.2) is 11.8 Å². The van der Waals surface area contributed by atoms with Gasteiger partial charge in [0.1, 0.15) is 35.4 Å². The fraction of sp³-hybridized carbons (Fsp3) is 0.695. The normalized spacial score (nSPS) is 32.6.